The lowest BCUT2D eigenvalue weighted by atomic mass is 9.66. The fourth-order valence-corrected chi connectivity index (χ4v) is 5.75. The molecule has 0 saturated carbocycles. The van der Waals surface area contributed by atoms with E-state index in [-0.39, 0.29) is 17.2 Å². The zero-order chi connectivity index (χ0) is 28.5. The van der Waals surface area contributed by atoms with Crippen LogP contribution in [0.4, 0.5) is 5.69 Å². The minimum atomic E-state index is -0.507. The maximum absolute atomic E-state index is 10.6. The van der Waals surface area contributed by atoms with Crippen molar-refractivity contribution in [2.24, 2.45) is 0 Å². The molecule has 0 amide bonds. The molecule has 0 radical (unpaired) electrons. The number of aryl methyl sites for hydroxylation is 7. The van der Waals surface area contributed by atoms with Crippen LogP contribution in [0.2, 0.25) is 0 Å². The number of benzene rings is 4. The first-order chi connectivity index (χ1) is 18.4. The molecule has 0 spiro atoms. The summed E-state index contributed by atoms with van der Waals surface area (Å²) in [4.78, 5) is 0. The zero-order valence-corrected chi connectivity index (χ0v) is 23.5. The number of anilines is 1. The van der Waals surface area contributed by atoms with Crippen LogP contribution in [0.3, 0.4) is 0 Å². The standard InChI is InChI=1S/C34H39NO4/c1-20-14-26(15-21(2)31(20)37)11-13-34(12-10-25-6-8-29(36)9-7-25,27-16-22(3)32(38)23(4)17-27)28-18-24(5)33(39)30(35)19-28/h6-9,14-19,36-39H,10-13,35H2,1-5H3. The normalized spacial score (nSPS) is 12.8. The molecule has 5 heteroatoms. The Bertz CT molecular complexity index is 1380. The molecule has 0 aliphatic rings. The highest BCUT2D eigenvalue weighted by molar-refractivity contribution is 5.61. The highest BCUT2D eigenvalue weighted by Crippen LogP contribution is 2.45. The Morgan fingerprint density at radius 2 is 0.949 bits per heavy atom. The number of nitrogens with two attached hydrogens (primary N) is 1. The van der Waals surface area contributed by atoms with Crippen LogP contribution in [-0.4, -0.2) is 20.4 Å². The van der Waals surface area contributed by atoms with Gasteiger partial charge in [0.25, 0.3) is 0 Å². The van der Waals surface area contributed by atoms with Gasteiger partial charge in [0.2, 0.25) is 0 Å². The molecule has 0 aliphatic carbocycles. The molecule has 0 bridgehead atoms. The first-order valence-corrected chi connectivity index (χ1v) is 13.4. The van der Waals surface area contributed by atoms with Crippen LogP contribution >= 0.6 is 0 Å². The van der Waals surface area contributed by atoms with E-state index in [4.69, 9.17) is 5.73 Å². The maximum Gasteiger partial charge on any atom is 0.141 e. The summed E-state index contributed by atoms with van der Waals surface area (Å²) in [5.74, 6) is 0.935. The summed E-state index contributed by atoms with van der Waals surface area (Å²) in [6, 6.07) is 19.4. The van der Waals surface area contributed by atoms with Crippen molar-refractivity contribution in [3.05, 3.63) is 111 Å². The summed E-state index contributed by atoms with van der Waals surface area (Å²) in [7, 11) is 0. The maximum atomic E-state index is 10.6. The van der Waals surface area contributed by atoms with Gasteiger partial charge < -0.3 is 26.2 Å². The van der Waals surface area contributed by atoms with Gasteiger partial charge in [-0.15, -0.1) is 0 Å². The molecular formula is C34H39NO4. The minimum Gasteiger partial charge on any atom is -0.508 e. The van der Waals surface area contributed by atoms with E-state index < -0.39 is 5.41 Å². The lowest BCUT2D eigenvalue weighted by molar-refractivity contribution is 0.429. The van der Waals surface area contributed by atoms with Gasteiger partial charge in [-0.2, -0.15) is 0 Å². The first-order valence-electron chi connectivity index (χ1n) is 13.4. The van der Waals surface area contributed by atoms with Crippen LogP contribution < -0.4 is 5.73 Å². The molecule has 1 unspecified atom stereocenters. The summed E-state index contributed by atoms with van der Waals surface area (Å²) in [5, 5.41) is 41.3. The van der Waals surface area contributed by atoms with E-state index in [2.05, 4.69) is 12.1 Å². The molecule has 4 aromatic rings. The Morgan fingerprint density at radius 1 is 0.538 bits per heavy atom. The second kappa shape index (κ2) is 10.9. The molecule has 4 aromatic carbocycles. The molecule has 39 heavy (non-hydrogen) atoms. The topological polar surface area (TPSA) is 107 Å². The Morgan fingerprint density at radius 3 is 1.44 bits per heavy atom. The number of nitrogen functional groups attached to an aromatic ring is 1. The monoisotopic (exact) mass is 525 g/mol. The van der Waals surface area contributed by atoms with Crippen molar-refractivity contribution in [1.29, 1.82) is 0 Å². The minimum absolute atomic E-state index is 0.0917. The van der Waals surface area contributed by atoms with Gasteiger partial charge in [-0.1, -0.05) is 42.5 Å². The molecule has 0 fully saturated rings. The molecular weight excluding hydrogens is 486 g/mol. The van der Waals surface area contributed by atoms with E-state index in [9.17, 15) is 20.4 Å². The van der Waals surface area contributed by atoms with Crippen LogP contribution in [0.1, 0.15) is 62.9 Å². The molecule has 0 saturated heterocycles. The molecule has 0 heterocycles. The Hall–Kier alpha value is -4.12. The molecule has 6 N–H and O–H groups in total. The van der Waals surface area contributed by atoms with Crippen molar-refractivity contribution >= 4 is 5.69 Å². The van der Waals surface area contributed by atoms with Gasteiger partial charge in [0.05, 0.1) is 5.69 Å². The highest BCUT2D eigenvalue weighted by atomic mass is 16.3. The summed E-state index contributed by atoms with van der Waals surface area (Å²) < 4.78 is 0. The predicted octanol–water partition coefficient (Wildman–Crippen LogP) is 7.19. The average Bonchev–Trinajstić information content (AvgIpc) is 2.89. The van der Waals surface area contributed by atoms with Gasteiger partial charge in [-0.05, 0) is 129 Å². The van der Waals surface area contributed by atoms with Gasteiger partial charge >= 0.3 is 0 Å². The fourth-order valence-electron chi connectivity index (χ4n) is 5.75. The summed E-state index contributed by atoms with van der Waals surface area (Å²) in [5.41, 5.74) is 14.5. The molecule has 204 valence electrons. The zero-order valence-electron chi connectivity index (χ0n) is 23.5. The third kappa shape index (κ3) is 5.68. The van der Waals surface area contributed by atoms with Gasteiger partial charge in [0.1, 0.15) is 23.0 Å². The molecule has 1 atom stereocenters. The van der Waals surface area contributed by atoms with Crippen molar-refractivity contribution in [2.75, 3.05) is 5.73 Å². The second-order valence-corrected chi connectivity index (χ2v) is 11.0. The second-order valence-electron chi connectivity index (χ2n) is 11.0. The van der Waals surface area contributed by atoms with Crippen molar-refractivity contribution in [3.8, 4) is 23.0 Å². The third-order valence-corrected chi connectivity index (χ3v) is 8.09. The summed E-state index contributed by atoms with van der Waals surface area (Å²) >= 11 is 0. The van der Waals surface area contributed by atoms with E-state index in [1.165, 1.54) is 0 Å². The van der Waals surface area contributed by atoms with Crippen molar-refractivity contribution in [3.63, 3.8) is 0 Å². The van der Waals surface area contributed by atoms with Crippen molar-refractivity contribution in [2.45, 2.75) is 65.7 Å². The van der Waals surface area contributed by atoms with Crippen LogP contribution in [-0.2, 0) is 18.3 Å². The van der Waals surface area contributed by atoms with Crippen molar-refractivity contribution in [1.82, 2.24) is 0 Å². The number of aromatic hydroxyl groups is 4. The van der Waals surface area contributed by atoms with Gasteiger partial charge in [-0.3, -0.25) is 0 Å². The molecule has 0 aliphatic heterocycles. The van der Waals surface area contributed by atoms with Crippen LogP contribution in [0.5, 0.6) is 23.0 Å². The largest absolute Gasteiger partial charge is 0.508 e. The van der Waals surface area contributed by atoms with E-state index in [1.54, 1.807) is 12.1 Å². The van der Waals surface area contributed by atoms with E-state index in [1.807, 2.05) is 71.0 Å². The average molecular weight is 526 g/mol. The molecule has 0 aromatic heterocycles. The highest BCUT2D eigenvalue weighted by Gasteiger charge is 2.35. The number of hydrogen-bond donors (Lipinski definition) is 5. The van der Waals surface area contributed by atoms with E-state index in [0.29, 0.717) is 17.0 Å². The van der Waals surface area contributed by atoms with Gasteiger partial charge in [0, 0.05) is 5.41 Å². The smallest absolute Gasteiger partial charge is 0.141 e. The summed E-state index contributed by atoms with van der Waals surface area (Å²) in [6.45, 7) is 9.53. The third-order valence-electron chi connectivity index (χ3n) is 8.09. The lowest BCUT2D eigenvalue weighted by Crippen LogP contribution is -2.30. The summed E-state index contributed by atoms with van der Waals surface area (Å²) in [6.07, 6.45) is 2.96. The Labute approximate surface area is 231 Å². The van der Waals surface area contributed by atoms with E-state index in [0.717, 1.165) is 70.2 Å². The SMILES string of the molecule is Cc1cc(CCC(CCc2ccc(O)cc2)(c2cc(C)c(O)c(C)c2)c2cc(C)c(O)c(N)c2)cc(C)c1O. The lowest BCUT2D eigenvalue weighted by Gasteiger charge is -2.37. The number of rotatable bonds is 8. The van der Waals surface area contributed by atoms with Crippen LogP contribution in [0.15, 0.2) is 60.7 Å². The Balaban J connectivity index is 1.91. The molecule has 5 nitrogen and oxygen atoms in total. The Kier molecular flexibility index (Phi) is 7.82. The number of phenols is 4. The predicted molar refractivity (Wildman–Crippen MR) is 158 cm³/mol. The molecule has 4 rings (SSSR count). The number of phenolic OH excluding ortho intramolecular Hbond substituents is 4. The van der Waals surface area contributed by atoms with Crippen LogP contribution in [0.25, 0.3) is 0 Å². The van der Waals surface area contributed by atoms with Crippen molar-refractivity contribution < 1.29 is 20.4 Å². The van der Waals surface area contributed by atoms with Gasteiger partial charge in [-0.25, -0.2) is 0 Å². The first kappa shape index (κ1) is 27.9. The quantitative estimate of drug-likeness (QED) is 0.124. The van der Waals surface area contributed by atoms with Crippen LogP contribution in [0, 0.1) is 34.6 Å². The fraction of sp³-hybridized carbons (Fsp3) is 0.294. The van der Waals surface area contributed by atoms with E-state index >= 15 is 0 Å². The van der Waals surface area contributed by atoms with Gasteiger partial charge in [0.15, 0.2) is 0 Å². The number of hydrogen-bond acceptors (Lipinski definition) is 5.